The summed E-state index contributed by atoms with van der Waals surface area (Å²) in [6.45, 7) is 10.9. The van der Waals surface area contributed by atoms with Crippen LogP contribution in [0.15, 0.2) is 60.9 Å². The van der Waals surface area contributed by atoms with Gasteiger partial charge in [0.05, 0.1) is 24.5 Å². The predicted molar refractivity (Wildman–Crippen MR) is 203 cm³/mol. The SMILES string of the molecule is C[C@H]1CCCCN1c1nnc2ccc(O[C@@H]3CC[C@H](NC(=O)Nc4cc(C(C)(C)C)nn4-c4ccn(CCN(C)C)n4)c4ccccc43)cn12.O=CO. The Labute approximate surface area is 309 Å². The lowest BCUT2D eigenvalue weighted by Gasteiger charge is -2.33. The van der Waals surface area contributed by atoms with Crippen molar-refractivity contribution in [2.75, 3.05) is 37.4 Å². The summed E-state index contributed by atoms with van der Waals surface area (Å²) < 4.78 is 12.3. The number of likely N-dealkylation sites (N-methyl/N-ethyl adjacent to an activating group) is 1. The van der Waals surface area contributed by atoms with E-state index in [0.717, 1.165) is 79.5 Å². The minimum Gasteiger partial charge on any atom is -0.484 e. The molecule has 2 amide bonds. The van der Waals surface area contributed by atoms with Crippen molar-refractivity contribution in [3.63, 3.8) is 0 Å². The molecule has 0 bridgehead atoms. The minimum absolute atomic E-state index is 0.156. The first-order valence-electron chi connectivity index (χ1n) is 18.3. The summed E-state index contributed by atoms with van der Waals surface area (Å²) >= 11 is 0. The maximum Gasteiger partial charge on any atom is 0.320 e. The zero-order valence-electron chi connectivity index (χ0n) is 31.4. The maximum atomic E-state index is 13.6. The Bertz CT molecular complexity index is 2010. The van der Waals surface area contributed by atoms with Crippen molar-refractivity contribution in [1.82, 2.24) is 44.4 Å². The van der Waals surface area contributed by atoms with Crippen LogP contribution in [0.4, 0.5) is 16.6 Å². The number of benzene rings is 1. The van der Waals surface area contributed by atoms with Crippen molar-refractivity contribution >= 4 is 29.9 Å². The van der Waals surface area contributed by atoms with Crippen molar-refractivity contribution in [3.8, 4) is 11.6 Å². The first-order chi connectivity index (χ1) is 25.4. The number of nitrogens with zero attached hydrogens (tertiary/aromatic N) is 9. The van der Waals surface area contributed by atoms with Crippen LogP contribution in [0.5, 0.6) is 5.75 Å². The van der Waals surface area contributed by atoms with Crippen molar-refractivity contribution in [3.05, 3.63) is 77.7 Å². The number of nitrogens with one attached hydrogen (secondary N) is 2. The van der Waals surface area contributed by atoms with Crippen LogP contribution in [0.1, 0.15) is 88.8 Å². The molecule has 7 rings (SSSR count). The van der Waals surface area contributed by atoms with E-state index in [4.69, 9.17) is 24.8 Å². The molecule has 4 aromatic heterocycles. The molecule has 53 heavy (non-hydrogen) atoms. The van der Waals surface area contributed by atoms with Gasteiger partial charge in [-0.15, -0.1) is 10.2 Å². The average Bonchev–Trinajstić information content (AvgIpc) is 3.88. The maximum absolute atomic E-state index is 13.6. The van der Waals surface area contributed by atoms with Gasteiger partial charge in [0.25, 0.3) is 6.47 Å². The zero-order chi connectivity index (χ0) is 37.7. The van der Waals surface area contributed by atoms with Crippen LogP contribution in [0.3, 0.4) is 0 Å². The first-order valence-corrected chi connectivity index (χ1v) is 18.3. The lowest BCUT2D eigenvalue weighted by Crippen LogP contribution is -2.38. The van der Waals surface area contributed by atoms with Crippen molar-refractivity contribution in [2.24, 2.45) is 0 Å². The Hall–Kier alpha value is -5.44. The zero-order valence-corrected chi connectivity index (χ0v) is 31.4. The molecule has 0 unspecified atom stereocenters. The Morgan fingerprint density at radius 1 is 1.04 bits per heavy atom. The van der Waals surface area contributed by atoms with E-state index in [1.807, 2.05) is 72.0 Å². The van der Waals surface area contributed by atoms with Gasteiger partial charge in [-0.25, -0.2) is 4.79 Å². The highest BCUT2D eigenvalue weighted by Crippen LogP contribution is 2.39. The fourth-order valence-electron chi connectivity index (χ4n) is 6.92. The molecule has 1 saturated heterocycles. The second-order valence-corrected chi connectivity index (χ2v) is 15.0. The van der Waals surface area contributed by atoms with Crippen molar-refractivity contribution < 1.29 is 19.4 Å². The van der Waals surface area contributed by atoms with Gasteiger partial charge >= 0.3 is 6.03 Å². The number of piperidine rings is 1. The molecule has 5 heterocycles. The van der Waals surface area contributed by atoms with E-state index in [-0.39, 0.29) is 30.1 Å². The molecule has 2 aliphatic rings. The van der Waals surface area contributed by atoms with Gasteiger partial charge in [0, 0.05) is 42.9 Å². The summed E-state index contributed by atoms with van der Waals surface area (Å²) in [4.78, 5) is 26.5. The normalized spacial score (nSPS) is 18.6. The van der Waals surface area contributed by atoms with E-state index >= 15 is 0 Å². The number of carboxylic acid groups (broad SMARTS) is 1. The molecule has 0 saturated carbocycles. The molecule has 15 nitrogen and oxygen atoms in total. The van der Waals surface area contributed by atoms with Gasteiger partial charge in [-0.2, -0.15) is 14.9 Å². The van der Waals surface area contributed by atoms with Gasteiger partial charge < -0.3 is 25.0 Å². The first kappa shape index (κ1) is 37.3. The number of urea groups is 1. The van der Waals surface area contributed by atoms with E-state index in [1.54, 1.807) is 4.68 Å². The van der Waals surface area contributed by atoms with Crippen LogP contribution in [-0.2, 0) is 16.8 Å². The van der Waals surface area contributed by atoms with Gasteiger partial charge in [-0.1, -0.05) is 45.0 Å². The number of pyridine rings is 1. The molecule has 3 N–H and O–H groups in total. The number of ether oxygens (including phenoxy) is 1. The lowest BCUT2D eigenvalue weighted by molar-refractivity contribution is -0.122. The van der Waals surface area contributed by atoms with Crippen LogP contribution < -0.4 is 20.3 Å². The number of aromatic nitrogens is 7. The van der Waals surface area contributed by atoms with E-state index in [9.17, 15) is 4.79 Å². The van der Waals surface area contributed by atoms with Crippen LogP contribution in [-0.4, -0.2) is 89.9 Å². The molecule has 1 aliphatic heterocycles. The highest BCUT2D eigenvalue weighted by molar-refractivity contribution is 5.89. The van der Waals surface area contributed by atoms with Crippen LogP contribution >= 0.6 is 0 Å². The Kier molecular flexibility index (Phi) is 11.3. The van der Waals surface area contributed by atoms with Crippen LogP contribution in [0, 0.1) is 0 Å². The van der Waals surface area contributed by atoms with Gasteiger partial charge in [-0.3, -0.25) is 19.2 Å². The molecule has 1 aliphatic carbocycles. The van der Waals surface area contributed by atoms with Gasteiger partial charge in [-0.05, 0) is 76.4 Å². The number of anilines is 2. The second-order valence-electron chi connectivity index (χ2n) is 15.0. The highest BCUT2D eigenvalue weighted by Gasteiger charge is 2.31. The smallest absolute Gasteiger partial charge is 0.320 e. The van der Waals surface area contributed by atoms with E-state index in [0.29, 0.717) is 17.7 Å². The van der Waals surface area contributed by atoms with Crippen molar-refractivity contribution in [1.29, 1.82) is 0 Å². The third-order valence-electron chi connectivity index (χ3n) is 9.78. The van der Waals surface area contributed by atoms with E-state index in [1.165, 1.54) is 6.42 Å². The third-order valence-corrected chi connectivity index (χ3v) is 9.78. The molecule has 282 valence electrons. The van der Waals surface area contributed by atoms with E-state index < -0.39 is 0 Å². The van der Waals surface area contributed by atoms with Gasteiger partial charge in [0.1, 0.15) is 17.7 Å². The third kappa shape index (κ3) is 8.62. The summed E-state index contributed by atoms with van der Waals surface area (Å²) in [5.41, 5.74) is 3.57. The topological polar surface area (TPSA) is 160 Å². The molecule has 0 radical (unpaired) electrons. The molecule has 15 heteroatoms. The molecular weight excluding hydrogens is 674 g/mol. The number of rotatable bonds is 9. The number of carbonyl (C=O) groups excluding carboxylic acids is 1. The number of fused-ring (bicyclic) bond motifs is 2. The fraction of sp³-hybridized carbons (Fsp3) is 0.474. The number of amides is 2. The average molecular weight is 726 g/mol. The standard InChI is InChI=1S/C37H49N11O2.CH2O2/c1-25-11-9-10-19-46(25)36-41-40-32-17-14-26(24-47(32)36)50-30-16-15-29(27-12-7-8-13-28(27)30)38-35(49)39-34-23-31(37(2,3)4)42-48(34)33-18-20-45(43-33)22-21-44(5)6;2-1-3/h7-8,12-14,17-18,20,23-25,29-30H,9-11,15-16,19,21-22H2,1-6H3,(H2,38,39,49);1H,(H,2,3)/t25-,29-,30+;/m0./s1. The van der Waals surface area contributed by atoms with Gasteiger partial charge in [0.15, 0.2) is 11.5 Å². The molecule has 3 atom stereocenters. The molecule has 1 aromatic carbocycles. The quantitative estimate of drug-likeness (QED) is 0.158. The summed E-state index contributed by atoms with van der Waals surface area (Å²) in [7, 11) is 4.08. The highest BCUT2D eigenvalue weighted by atomic mass is 16.5. The Morgan fingerprint density at radius 2 is 1.81 bits per heavy atom. The predicted octanol–water partition coefficient (Wildman–Crippen LogP) is 5.83. The number of hydrogen-bond acceptors (Lipinski definition) is 9. The molecule has 5 aromatic rings. The second kappa shape index (κ2) is 16.1. The Balaban J connectivity index is 0.00000155. The summed E-state index contributed by atoms with van der Waals surface area (Å²) in [5, 5.41) is 31.8. The van der Waals surface area contributed by atoms with Crippen LogP contribution in [0.2, 0.25) is 0 Å². The largest absolute Gasteiger partial charge is 0.484 e. The number of hydrogen-bond donors (Lipinski definition) is 3. The molecule has 0 spiro atoms. The Morgan fingerprint density at radius 3 is 2.55 bits per heavy atom. The van der Waals surface area contributed by atoms with Crippen LogP contribution in [0.25, 0.3) is 11.5 Å². The summed E-state index contributed by atoms with van der Waals surface area (Å²) in [6, 6.07) is 16.0. The van der Waals surface area contributed by atoms with E-state index in [2.05, 4.69) is 70.5 Å². The molecule has 1 fully saturated rings. The summed E-state index contributed by atoms with van der Waals surface area (Å²) in [6.07, 6.45) is 8.82. The lowest BCUT2D eigenvalue weighted by atomic mass is 9.85. The number of carbonyl (C=O) groups is 2. The van der Waals surface area contributed by atoms with Gasteiger partial charge in [0.2, 0.25) is 5.95 Å². The van der Waals surface area contributed by atoms with Crippen molar-refractivity contribution in [2.45, 2.75) is 89.9 Å². The minimum atomic E-state index is -0.296. The monoisotopic (exact) mass is 725 g/mol. The molecular formula is C38H51N11O4. The summed E-state index contributed by atoms with van der Waals surface area (Å²) in [5.74, 6) is 2.85. The fourth-order valence-corrected chi connectivity index (χ4v) is 6.92.